The van der Waals surface area contributed by atoms with Crippen LogP contribution >= 0.6 is 0 Å². The van der Waals surface area contributed by atoms with Crippen LogP contribution in [-0.4, -0.2) is 15.9 Å². The van der Waals surface area contributed by atoms with Crippen molar-refractivity contribution in [2.24, 2.45) is 5.73 Å². The molecule has 1 aromatic carbocycles. The molecule has 1 aromatic heterocycles. The highest BCUT2D eigenvalue weighted by Crippen LogP contribution is 2.23. The van der Waals surface area contributed by atoms with E-state index < -0.39 is 5.91 Å². The molecular formula is C13H14N4O. The van der Waals surface area contributed by atoms with E-state index in [-0.39, 0.29) is 0 Å². The van der Waals surface area contributed by atoms with E-state index in [4.69, 9.17) is 11.5 Å². The van der Waals surface area contributed by atoms with Gasteiger partial charge in [-0.3, -0.25) is 4.79 Å². The number of primary amides is 1. The Morgan fingerprint density at radius 2 is 1.67 bits per heavy atom. The molecule has 5 nitrogen and oxygen atoms in total. The molecule has 5 heteroatoms. The summed E-state index contributed by atoms with van der Waals surface area (Å²) in [5.74, 6) is -0.0325. The Hall–Kier alpha value is -2.43. The van der Waals surface area contributed by atoms with Gasteiger partial charge >= 0.3 is 0 Å². The molecule has 1 amide bonds. The number of nitrogen functional groups attached to an aromatic ring is 1. The number of hydrogen-bond donors (Lipinski definition) is 2. The third kappa shape index (κ3) is 2.02. The van der Waals surface area contributed by atoms with Crippen molar-refractivity contribution in [2.75, 3.05) is 5.73 Å². The van der Waals surface area contributed by atoms with Gasteiger partial charge in [0.25, 0.3) is 0 Å². The van der Waals surface area contributed by atoms with Crippen LogP contribution < -0.4 is 11.5 Å². The fourth-order valence-corrected chi connectivity index (χ4v) is 1.74. The van der Waals surface area contributed by atoms with Gasteiger partial charge in [0.2, 0.25) is 5.91 Å². The minimum Gasteiger partial charge on any atom is -0.396 e. The Balaban J connectivity index is 2.66. The monoisotopic (exact) mass is 242 g/mol. The van der Waals surface area contributed by atoms with Crippen LogP contribution in [0.4, 0.5) is 5.69 Å². The molecule has 0 saturated heterocycles. The Morgan fingerprint density at radius 1 is 1.11 bits per heavy atom. The van der Waals surface area contributed by atoms with Gasteiger partial charge in [0.1, 0.15) is 0 Å². The molecule has 4 N–H and O–H groups in total. The van der Waals surface area contributed by atoms with Crippen molar-refractivity contribution in [2.45, 2.75) is 13.8 Å². The summed E-state index contributed by atoms with van der Waals surface area (Å²) in [6, 6.07) is 6.99. The normalized spacial score (nSPS) is 10.3. The molecule has 0 aliphatic carbocycles. The van der Waals surface area contributed by atoms with Crippen LogP contribution in [0.5, 0.6) is 0 Å². The minimum absolute atomic E-state index is 0.404. The third-order valence-corrected chi connectivity index (χ3v) is 2.76. The number of amides is 1. The number of benzene rings is 1. The first-order chi connectivity index (χ1) is 8.50. The van der Waals surface area contributed by atoms with Gasteiger partial charge in [0, 0.05) is 5.56 Å². The lowest BCUT2D eigenvalue weighted by atomic mass is 10.1. The molecule has 0 aliphatic rings. The van der Waals surface area contributed by atoms with Crippen LogP contribution in [0, 0.1) is 13.8 Å². The van der Waals surface area contributed by atoms with E-state index >= 15 is 0 Å². The zero-order chi connectivity index (χ0) is 13.3. The van der Waals surface area contributed by atoms with Gasteiger partial charge in [0.15, 0.2) is 5.82 Å². The number of aromatic nitrogens is 2. The van der Waals surface area contributed by atoms with Gasteiger partial charge < -0.3 is 11.5 Å². The summed E-state index contributed by atoms with van der Waals surface area (Å²) in [5, 5.41) is 0. The number of carbonyl (C=O) groups excluding carboxylic acids is 1. The lowest BCUT2D eigenvalue weighted by Gasteiger charge is -2.09. The zero-order valence-corrected chi connectivity index (χ0v) is 10.3. The van der Waals surface area contributed by atoms with Crippen molar-refractivity contribution in [1.82, 2.24) is 9.97 Å². The SMILES string of the molecule is Cc1nc(-c2ccccc2C(N)=O)nc(C)c1N. The second kappa shape index (κ2) is 4.44. The third-order valence-electron chi connectivity index (χ3n) is 2.76. The highest BCUT2D eigenvalue weighted by molar-refractivity contribution is 5.99. The van der Waals surface area contributed by atoms with Gasteiger partial charge in [-0.05, 0) is 19.9 Å². The Morgan fingerprint density at radius 3 is 2.22 bits per heavy atom. The first-order valence-corrected chi connectivity index (χ1v) is 5.50. The largest absolute Gasteiger partial charge is 0.396 e. The van der Waals surface area contributed by atoms with Crippen molar-refractivity contribution in [3.05, 3.63) is 41.2 Å². The summed E-state index contributed by atoms with van der Waals surface area (Å²) in [4.78, 5) is 20.0. The van der Waals surface area contributed by atoms with E-state index in [1.165, 1.54) is 0 Å². The predicted molar refractivity (Wildman–Crippen MR) is 69.9 cm³/mol. The molecule has 0 radical (unpaired) electrons. The fraction of sp³-hybridized carbons (Fsp3) is 0.154. The summed E-state index contributed by atoms with van der Waals surface area (Å²) >= 11 is 0. The van der Waals surface area contributed by atoms with Crippen LogP contribution in [-0.2, 0) is 0 Å². The summed E-state index contributed by atoms with van der Waals surface area (Å²) in [5.41, 5.74) is 14.1. The topological polar surface area (TPSA) is 94.9 Å². The molecule has 18 heavy (non-hydrogen) atoms. The Bertz CT molecular complexity index is 599. The quantitative estimate of drug-likeness (QED) is 0.833. The van der Waals surface area contributed by atoms with Crippen LogP contribution in [0.15, 0.2) is 24.3 Å². The second-order valence-electron chi connectivity index (χ2n) is 4.04. The van der Waals surface area contributed by atoms with Crippen molar-refractivity contribution in [3.8, 4) is 11.4 Å². The minimum atomic E-state index is -0.499. The summed E-state index contributed by atoms with van der Waals surface area (Å²) < 4.78 is 0. The average molecular weight is 242 g/mol. The van der Waals surface area contributed by atoms with E-state index in [1.807, 2.05) is 6.07 Å². The van der Waals surface area contributed by atoms with Gasteiger partial charge in [-0.15, -0.1) is 0 Å². The van der Waals surface area contributed by atoms with Crippen LogP contribution in [0.3, 0.4) is 0 Å². The number of rotatable bonds is 2. The maximum absolute atomic E-state index is 11.4. The first-order valence-electron chi connectivity index (χ1n) is 5.50. The Kier molecular flexibility index (Phi) is 2.97. The van der Waals surface area contributed by atoms with Gasteiger partial charge in [-0.25, -0.2) is 9.97 Å². The molecule has 0 aliphatic heterocycles. The number of nitrogens with two attached hydrogens (primary N) is 2. The van der Waals surface area contributed by atoms with Gasteiger partial charge in [-0.2, -0.15) is 0 Å². The first kappa shape index (κ1) is 12.0. The van der Waals surface area contributed by atoms with Gasteiger partial charge in [-0.1, -0.05) is 18.2 Å². The average Bonchev–Trinajstić information content (AvgIpc) is 2.35. The van der Waals surface area contributed by atoms with E-state index in [0.717, 1.165) is 0 Å². The molecule has 0 unspecified atom stereocenters. The Labute approximate surface area is 105 Å². The number of aryl methyl sites for hydroxylation is 2. The summed E-state index contributed by atoms with van der Waals surface area (Å²) in [7, 11) is 0. The van der Waals surface area contributed by atoms with Crippen LogP contribution in [0.25, 0.3) is 11.4 Å². The molecule has 0 spiro atoms. The van der Waals surface area contributed by atoms with Crippen molar-refractivity contribution in [1.29, 1.82) is 0 Å². The fourth-order valence-electron chi connectivity index (χ4n) is 1.74. The summed E-state index contributed by atoms with van der Waals surface area (Å²) in [6.45, 7) is 3.61. The van der Waals surface area contributed by atoms with Crippen molar-refractivity contribution < 1.29 is 4.79 Å². The van der Waals surface area contributed by atoms with E-state index in [1.54, 1.807) is 32.0 Å². The molecule has 0 fully saturated rings. The standard InChI is InChI=1S/C13H14N4O/c1-7-11(14)8(2)17-13(16-7)10-6-4-3-5-9(10)12(15)18/h3-6H,14H2,1-2H3,(H2,15,18). The lowest BCUT2D eigenvalue weighted by molar-refractivity contribution is 0.100. The highest BCUT2D eigenvalue weighted by Gasteiger charge is 2.13. The molecule has 1 heterocycles. The molecular weight excluding hydrogens is 228 g/mol. The lowest BCUT2D eigenvalue weighted by Crippen LogP contribution is -2.13. The van der Waals surface area contributed by atoms with Crippen molar-refractivity contribution >= 4 is 11.6 Å². The zero-order valence-electron chi connectivity index (χ0n) is 10.3. The van der Waals surface area contributed by atoms with Crippen molar-refractivity contribution in [3.63, 3.8) is 0 Å². The van der Waals surface area contributed by atoms with Crippen LogP contribution in [0.1, 0.15) is 21.7 Å². The second-order valence-corrected chi connectivity index (χ2v) is 4.04. The summed E-state index contributed by atoms with van der Waals surface area (Å²) in [6.07, 6.45) is 0. The molecule has 0 atom stereocenters. The van der Waals surface area contributed by atoms with Gasteiger partial charge in [0.05, 0.1) is 22.6 Å². The maximum Gasteiger partial charge on any atom is 0.249 e. The number of carbonyl (C=O) groups is 1. The van der Waals surface area contributed by atoms with E-state index in [2.05, 4.69) is 9.97 Å². The molecule has 0 bridgehead atoms. The van der Waals surface area contributed by atoms with Crippen LogP contribution in [0.2, 0.25) is 0 Å². The van der Waals surface area contributed by atoms with E-state index in [0.29, 0.717) is 34.0 Å². The molecule has 2 rings (SSSR count). The number of anilines is 1. The molecule has 2 aromatic rings. The molecule has 0 saturated carbocycles. The smallest absolute Gasteiger partial charge is 0.249 e. The molecule has 92 valence electrons. The predicted octanol–water partition coefficient (Wildman–Crippen LogP) is 1.44. The number of nitrogens with zero attached hydrogens (tertiary/aromatic N) is 2. The maximum atomic E-state index is 11.4. The highest BCUT2D eigenvalue weighted by atomic mass is 16.1. The number of hydrogen-bond acceptors (Lipinski definition) is 4. The van der Waals surface area contributed by atoms with E-state index in [9.17, 15) is 4.79 Å².